The molecule has 3 aromatic rings. The minimum atomic E-state index is -3.77. The third kappa shape index (κ3) is 5.83. The second kappa shape index (κ2) is 9.93. The average molecular weight is 457 g/mol. The molecule has 0 aliphatic carbocycles. The number of hydrogen-bond donors (Lipinski definition) is 1. The Morgan fingerprint density at radius 2 is 1.87 bits per heavy atom. The summed E-state index contributed by atoms with van der Waals surface area (Å²) in [4.78, 5) is 11.0. The zero-order chi connectivity index (χ0) is 22.4. The fourth-order valence-electron chi connectivity index (χ4n) is 2.86. The fourth-order valence-corrected chi connectivity index (χ4v) is 4.83. The number of methoxy groups -OCH3 is 1. The molecule has 0 amide bonds. The summed E-state index contributed by atoms with van der Waals surface area (Å²) in [6.45, 7) is 5.36. The monoisotopic (exact) mass is 456 g/mol. The van der Waals surface area contributed by atoms with Crippen LogP contribution < -0.4 is 9.57 Å². The van der Waals surface area contributed by atoms with Gasteiger partial charge in [-0.05, 0) is 67.8 Å². The van der Waals surface area contributed by atoms with Crippen LogP contribution in [-0.4, -0.2) is 31.2 Å². The van der Waals surface area contributed by atoms with E-state index >= 15 is 0 Å². The first-order valence-electron chi connectivity index (χ1n) is 9.50. The van der Waals surface area contributed by atoms with Crippen molar-refractivity contribution in [2.45, 2.75) is 36.6 Å². The summed E-state index contributed by atoms with van der Waals surface area (Å²) in [7, 11) is -2.16. The number of rotatable bonds is 8. The standard InChI is InChI=1S/C22H24N4O3S2/c1-15-6-7-16(2)21(12-15)31(27,28)26-25-17(3)18-8-9-20(29-4)19(13-18)14-30-22-23-10-5-11-24-22/h5-13,26H,14H2,1-4H3. The minimum Gasteiger partial charge on any atom is -0.496 e. The van der Waals surface area contributed by atoms with E-state index in [0.29, 0.717) is 22.2 Å². The molecule has 0 aliphatic heterocycles. The molecule has 9 heteroatoms. The summed E-state index contributed by atoms with van der Waals surface area (Å²) >= 11 is 1.49. The zero-order valence-corrected chi connectivity index (χ0v) is 19.4. The van der Waals surface area contributed by atoms with Crippen molar-refractivity contribution >= 4 is 27.5 Å². The van der Waals surface area contributed by atoms with E-state index in [0.717, 1.165) is 22.4 Å². The molecule has 0 saturated heterocycles. The van der Waals surface area contributed by atoms with Gasteiger partial charge in [-0.3, -0.25) is 0 Å². The summed E-state index contributed by atoms with van der Waals surface area (Å²) in [5.74, 6) is 1.33. The lowest BCUT2D eigenvalue weighted by molar-refractivity contribution is 0.411. The molecule has 0 aliphatic rings. The number of aryl methyl sites for hydroxylation is 2. The van der Waals surface area contributed by atoms with E-state index in [4.69, 9.17) is 4.74 Å². The molecule has 31 heavy (non-hydrogen) atoms. The van der Waals surface area contributed by atoms with Gasteiger partial charge in [0.1, 0.15) is 5.75 Å². The first-order chi connectivity index (χ1) is 14.8. The van der Waals surface area contributed by atoms with Crippen molar-refractivity contribution in [3.05, 3.63) is 77.1 Å². The summed E-state index contributed by atoms with van der Waals surface area (Å²) in [5, 5.41) is 4.80. The first kappa shape index (κ1) is 22.8. The van der Waals surface area contributed by atoms with E-state index in [1.807, 2.05) is 31.2 Å². The minimum absolute atomic E-state index is 0.221. The van der Waals surface area contributed by atoms with Gasteiger partial charge in [-0.1, -0.05) is 23.9 Å². The van der Waals surface area contributed by atoms with Gasteiger partial charge in [0, 0.05) is 23.7 Å². The van der Waals surface area contributed by atoms with Gasteiger partial charge in [0.25, 0.3) is 10.0 Å². The highest BCUT2D eigenvalue weighted by molar-refractivity contribution is 7.98. The van der Waals surface area contributed by atoms with Crippen LogP contribution in [0, 0.1) is 13.8 Å². The Kier molecular flexibility index (Phi) is 7.29. The molecule has 0 saturated carbocycles. The highest BCUT2D eigenvalue weighted by atomic mass is 32.2. The smallest absolute Gasteiger partial charge is 0.276 e. The number of benzene rings is 2. The number of ether oxygens (including phenoxy) is 1. The van der Waals surface area contributed by atoms with Crippen molar-refractivity contribution in [2.75, 3.05) is 7.11 Å². The highest BCUT2D eigenvalue weighted by Crippen LogP contribution is 2.27. The summed E-state index contributed by atoms with van der Waals surface area (Å²) < 4.78 is 30.9. The molecule has 0 bridgehead atoms. The third-order valence-electron chi connectivity index (χ3n) is 4.56. The summed E-state index contributed by atoms with van der Waals surface area (Å²) in [6.07, 6.45) is 3.39. The van der Waals surface area contributed by atoms with E-state index in [1.54, 1.807) is 51.6 Å². The topological polar surface area (TPSA) is 93.5 Å². The van der Waals surface area contributed by atoms with Crippen molar-refractivity contribution in [1.29, 1.82) is 0 Å². The Labute approximate surface area is 187 Å². The lowest BCUT2D eigenvalue weighted by atomic mass is 10.1. The Morgan fingerprint density at radius 1 is 1.13 bits per heavy atom. The molecule has 7 nitrogen and oxygen atoms in total. The molecule has 3 rings (SSSR count). The number of hydrogen-bond acceptors (Lipinski definition) is 7. The molecule has 162 valence electrons. The average Bonchev–Trinajstić information content (AvgIpc) is 2.78. The van der Waals surface area contributed by atoms with E-state index < -0.39 is 10.0 Å². The molecular weight excluding hydrogens is 432 g/mol. The highest BCUT2D eigenvalue weighted by Gasteiger charge is 2.16. The van der Waals surface area contributed by atoms with E-state index in [9.17, 15) is 8.42 Å². The number of sulfonamides is 1. The Morgan fingerprint density at radius 3 is 2.58 bits per heavy atom. The van der Waals surface area contributed by atoms with Crippen molar-refractivity contribution in [3.8, 4) is 5.75 Å². The fraction of sp³-hybridized carbons (Fsp3) is 0.227. The van der Waals surface area contributed by atoms with E-state index in [2.05, 4.69) is 19.9 Å². The van der Waals surface area contributed by atoms with Gasteiger partial charge in [-0.25, -0.2) is 9.97 Å². The largest absolute Gasteiger partial charge is 0.496 e. The molecule has 0 atom stereocenters. The van der Waals surface area contributed by atoms with Crippen LogP contribution in [0.2, 0.25) is 0 Å². The molecule has 1 heterocycles. The maximum absolute atomic E-state index is 12.7. The predicted molar refractivity (Wildman–Crippen MR) is 123 cm³/mol. The summed E-state index contributed by atoms with van der Waals surface area (Å²) in [5.41, 5.74) is 3.79. The number of nitrogens with zero attached hydrogens (tertiary/aromatic N) is 3. The van der Waals surface area contributed by atoms with Crippen LogP contribution in [0.15, 0.2) is 70.0 Å². The second-order valence-corrected chi connectivity index (χ2v) is 9.48. The van der Waals surface area contributed by atoms with Gasteiger partial charge in [-0.15, -0.1) is 0 Å². The summed E-state index contributed by atoms with van der Waals surface area (Å²) in [6, 6.07) is 12.7. The molecule has 1 N–H and O–H groups in total. The van der Waals surface area contributed by atoms with Crippen LogP contribution in [0.5, 0.6) is 5.75 Å². The van der Waals surface area contributed by atoms with Gasteiger partial charge in [0.2, 0.25) is 0 Å². The predicted octanol–water partition coefficient (Wildman–Crippen LogP) is 4.10. The van der Waals surface area contributed by atoms with Crippen LogP contribution in [0.1, 0.15) is 29.2 Å². The maximum Gasteiger partial charge on any atom is 0.276 e. The van der Waals surface area contributed by atoms with E-state index in [1.165, 1.54) is 11.8 Å². The number of thioether (sulfide) groups is 1. The maximum atomic E-state index is 12.7. The van der Waals surface area contributed by atoms with E-state index in [-0.39, 0.29) is 4.90 Å². The number of hydrazone groups is 1. The molecule has 0 fully saturated rings. The van der Waals surface area contributed by atoms with Crippen molar-refractivity contribution < 1.29 is 13.2 Å². The van der Waals surface area contributed by atoms with Crippen molar-refractivity contribution in [1.82, 2.24) is 14.8 Å². The van der Waals surface area contributed by atoms with Crippen LogP contribution >= 0.6 is 11.8 Å². The van der Waals surface area contributed by atoms with Crippen molar-refractivity contribution in [3.63, 3.8) is 0 Å². The van der Waals surface area contributed by atoms with Crippen LogP contribution in [0.3, 0.4) is 0 Å². The molecule has 1 aromatic heterocycles. The Balaban J connectivity index is 1.81. The molecule has 0 spiro atoms. The quantitative estimate of drug-likeness (QED) is 0.237. The zero-order valence-electron chi connectivity index (χ0n) is 17.8. The van der Waals surface area contributed by atoms with Gasteiger partial charge >= 0.3 is 0 Å². The Bertz CT molecular complexity index is 1200. The number of aromatic nitrogens is 2. The molecule has 0 unspecified atom stereocenters. The normalized spacial score (nSPS) is 11.9. The van der Waals surface area contributed by atoms with Gasteiger partial charge in [0.05, 0.1) is 17.7 Å². The second-order valence-electron chi connectivity index (χ2n) is 6.91. The molecule has 0 radical (unpaired) electrons. The lowest BCUT2D eigenvalue weighted by Gasteiger charge is -2.11. The van der Waals surface area contributed by atoms with Crippen LogP contribution in [0.25, 0.3) is 0 Å². The molecule has 2 aromatic carbocycles. The van der Waals surface area contributed by atoms with Crippen LogP contribution in [-0.2, 0) is 15.8 Å². The van der Waals surface area contributed by atoms with Gasteiger partial charge in [0.15, 0.2) is 5.16 Å². The Hall–Kier alpha value is -2.91. The third-order valence-corrected chi connectivity index (χ3v) is 6.84. The lowest BCUT2D eigenvalue weighted by Crippen LogP contribution is -2.21. The molecular formula is C22H24N4O3S2. The first-order valence-corrected chi connectivity index (χ1v) is 12.0. The van der Waals surface area contributed by atoms with Gasteiger partial charge < -0.3 is 4.74 Å². The van der Waals surface area contributed by atoms with Gasteiger partial charge in [-0.2, -0.15) is 18.4 Å². The van der Waals surface area contributed by atoms with Crippen molar-refractivity contribution in [2.24, 2.45) is 5.10 Å². The SMILES string of the molecule is COc1ccc(C(C)=NNS(=O)(=O)c2cc(C)ccc2C)cc1CSc1ncccn1. The number of nitrogens with one attached hydrogen (secondary N) is 1. The van der Waals surface area contributed by atoms with Crippen LogP contribution in [0.4, 0.5) is 0 Å².